The van der Waals surface area contributed by atoms with Gasteiger partial charge in [0.2, 0.25) is 0 Å². The molecule has 2 aromatic carbocycles. The van der Waals surface area contributed by atoms with Crippen molar-refractivity contribution < 1.29 is 14.4 Å². The average molecular weight is 436 g/mol. The standard InChI is InChI=1S/C26H30N2O2S/c1-4-30-22-14-12-20(13-15-22)24(28-16-8-9-17-28)23-18(2)19(3)31-26(23)27-25(29)21-10-6-5-7-11-21/h5-7,10-15,24H,4,8-9,16-17H2,1-3H3,(H,27,29)/p+1/t24-/m0/s1. The second-order valence-corrected chi connectivity index (χ2v) is 9.37. The summed E-state index contributed by atoms with van der Waals surface area (Å²) in [5.74, 6) is 0.849. The second-order valence-electron chi connectivity index (χ2n) is 8.15. The topological polar surface area (TPSA) is 42.8 Å². The van der Waals surface area contributed by atoms with Crippen molar-refractivity contribution in [2.24, 2.45) is 0 Å². The van der Waals surface area contributed by atoms with Gasteiger partial charge in [0.25, 0.3) is 5.91 Å². The number of amides is 1. The predicted octanol–water partition coefficient (Wildman–Crippen LogP) is 4.78. The number of benzene rings is 2. The Morgan fingerprint density at radius 2 is 1.74 bits per heavy atom. The molecule has 1 saturated heterocycles. The summed E-state index contributed by atoms with van der Waals surface area (Å²) in [5.41, 5.74) is 4.50. The third kappa shape index (κ3) is 4.68. The highest BCUT2D eigenvalue weighted by atomic mass is 32.1. The van der Waals surface area contributed by atoms with Gasteiger partial charge in [0.15, 0.2) is 0 Å². The molecule has 1 atom stereocenters. The molecule has 4 rings (SSSR count). The molecule has 1 aliphatic heterocycles. The Bertz CT molecular complexity index is 1020. The maximum Gasteiger partial charge on any atom is 0.256 e. The molecule has 4 nitrogen and oxygen atoms in total. The fraction of sp³-hybridized carbons (Fsp3) is 0.346. The molecular weight excluding hydrogens is 404 g/mol. The van der Waals surface area contributed by atoms with E-state index in [4.69, 9.17) is 4.74 Å². The Morgan fingerprint density at radius 1 is 1.06 bits per heavy atom. The van der Waals surface area contributed by atoms with Crippen molar-refractivity contribution >= 4 is 22.2 Å². The number of thiophene rings is 1. The van der Waals surface area contributed by atoms with Crippen LogP contribution in [0.5, 0.6) is 5.75 Å². The zero-order valence-electron chi connectivity index (χ0n) is 18.5. The maximum atomic E-state index is 13.0. The fourth-order valence-corrected chi connectivity index (χ4v) is 5.59. The van der Waals surface area contributed by atoms with Crippen LogP contribution in [0, 0.1) is 13.8 Å². The third-order valence-electron chi connectivity index (χ3n) is 6.16. The Balaban J connectivity index is 1.73. The summed E-state index contributed by atoms with van der Waals surface area (Å²) in [6, 6.07) is 18.2. The summed E-state index contributed by atoms with van der Waals surface area (Å²) >= 11 is 1.69. The Hall–Kier alpha value is -2.63. The lowest BCUT2D eigenvalue weighted by molar-refractivity contribution is -0.913. The number of quaternary nitrogens is 1. The molecule has 1 amide bonds. The highest BCUT2D eigenvalue weighted by molar-refractivity contribution is 7.16. The van der Waals surface area contributed by atoms with Gasteiger partial charge in [-0.3, -0.25) is 4.79 Å². The molecule has 0 unspecified atom stereocenters. The summed E-state index contributed by atoms with van der Waals surface area (Å²) in [7, 11) is 0. The van der Waals surface area contributed by atoms with Crippen LogP contribution in [0.2, 0.25) is 0 Å². The summed E-state index contributed by atoms with van der Waals surface area (Å²) < 4.78 is 5.66. The average Bonchev–Trinajstić information content (AvgIpc) is 3.41. The van der Waals surface area contributed by atoms with Crippen molar-refractivity contribution in [2.45, 2.75) is 39.7 Å². The number of ether oxygens (including phenoxy) is 1. The molecular formula is C26H31N2O2S+. The van der Waals surface area contributed by atoms with Crippen LogP contribution in [0.25, 0.3) is 0 Å². The number of rotatable bonds is 7. The monoisotopic (exact) mass is 435 g/mol. The number of carbonyl (C=O) groups is 1. The first kappa shape index (κ1) is 21.6. The van der Waals surface area contributed by atoms with Crippen LogP contribution in [0.3, 0.4) is 0 Å². The summed E-state index contributed by atoms with van der Waals surface area (Å²) in [6.07, 6.45) is 2.49. The first-order valence-electron chi connectivity index (χ1n) is 11.1. The van der Waals surface area contributed by atoms with E-state index >= 15 is 0 Å². The molecule has 0 bridgehead atoms. The van der Waals surface area contributed by atoms with Crippen LogP contribution >= 0.6 is 11.3 Å². The van der Waals surface area contributed by atoms with Crippen molar-refractivity contribution in [3.63, 3.8) is 0 Å². The SMILES string of the molecule is CCOc1ccc([C@@H](c2c(NC(=O)c3ccccc3)sc(C)c2C)[NH+]2CCCC2)cc1. The molecule has 0 aliphatic carbocycles. The first-order chi connectivity index (χ1) is 15.1. The number of anilines is 1. The lowest BCUT2D eigenvalue weighted by Gasteiger charge is -2.27. The zero-order valence-corrected chi connectivity index (χ0v) is 19.4. The van der Waals surface area contributed by atoms with Gasteiger partial charge < -0.3 is 15.0 Å². The lowest BCUT2D eigenvalue weighted by Crippen LogP contribution is -3.10. The van der Waals surface area contributed by atoms with Crippen molar-refractivity contribution in [3.05, 3.63) is 81.7 Å². The summed E-state index contributed by atoms with van der Waals surface area (Å²) in [5, 5.41) is 4.21. The van der Waals surface area contributed by atoms with Crippen molar-refractivity contribution in [2.75, 3.05) is 25.0 Å². The number of nitrogens with one attached hydrogen (secondary N) is 2. The van der Waals surface area contributed by atoms with Gasteiger partial charge in [-0.05, 0) is 62.7 Å². The number of carbonyl (C=O) groups excluding carboxylic acids is 1. The zero-order chi connectivity index (χ0) is 21.8. The van der Waals surface area contributed by atoms with E-state index in [1.54, 1.807) is 16.2 Å². The molecule has 2 N–H and O–H groups in total. The Morgan fingerprint density at radius 3 is 2.39 bits per heavy atom. The fourth-order valence-electron chi connectivity index (χ4n) is 4.50. The van der Waals surface area contributed by atoms with E-state index in [2.05, 4.69) is 43.4 Å². The normalized spacial score (nSPS) is 15.1. The Labute approximate surface area is 188 Å². The minimum Gasteiger partial charge on any atom is -0.494 e. The molecule has 5 heteroatoms. The van der Waals surface area contributed by atoms with Crippen LogP contribution in [0.1, 0.15) is 57.7 Å². The van der Waals surface area contributed by atoms with Gasteiger partial charge in [-0.25, -0.2) is 0 Å². The molecule has 1 aliphatic rings. The van der Waals surface area contributed by atoms with Crippen LogP contribution in [0.15, 0.2) is 54.6 Å². The van der Waals surface area contributed by atoms with Gasteiger partial charge in [0, 0.05) is 28.8 Å². The van der Waals surface area contributed by atoms with Crippen molar-refractivity contribution in [1.82, 2.24) is 0 Å². The molecule has 2 heterocycles. The number of likely N-dealkylation sites (tertiary alicyclic amines) is 1. The highest BCUT2D eigenvalue weighted by Crippen LogP contribution is 2.39. The van der Waals surface area contributed by atoms with E-state index in [9.17, 15) is 4.79 Å². The van der Waals surface area contributed by atoms with Gasteiger partial charge in [0.1, 0.15) is 16.8 Å². The molecule has 31 heavy (non-hydrogen) atoms. The van der Waals surface area contributed by atoms with Gasteiger partial charge in [-0.1, -0.05) is 18.2 Å². The molecule has 0 spiro atoms. The Kier molecular flexibility index (Phi) is 6.73. The second kappa shape index (κ2) is 9.67. The van der Waals surface area contributed by atoms with E-state index in [1.165, 1.54) is 34.4 Å². The van der Waals surface area contributed by atoms with E-state index < -0.39 is 0 Å². The summed E-state index contributed by atoms with van der Waals surface area (Å²) in [4.78, 5) is 15.8. The van der Waals surface area contributed by atoms with E-state index in [0.29, 0.717) is 12.2 Å². The van der Waals surface area contributed by atoms with Crippen LogP contribution < -0.4 is 15.0 Å². The minimum atomic E-state index is -0.0510. The van der Waals surface area contributed by atoms with Crippen LogP contribution in [0.4, 0.5) is 5.00 Å². The quantitative estimate of drug-likeness (QED) is 0.561. The van der Waals surface area contributed by atoms with Gasteiger partial charge >= 0.3 is 0 Å². The summed E-state index contributed by atoms with van der Waals surface area (Å²) in [6.45, 7) is 9.31. The van der Waals surface area contributed by atoms with E-state index in [0.717, 1.165) is 23.8 Å². The minimum absolute atomic E-state index is 0.0510. The molecule has 0 radical (unpaired) electrons. The smallest absolute Gasteiger partial charge is 0.256 e. The highest BCUT2D eigenvalue weighted by Gasteiger charge is 2.34. The molecule has 1 fully saturated rings. The molecule has 3 aromatic rings. The van der Waals surface area contributed by atoms with E-state index in [-0.39, 0.29) is 11.9 Å². The van der Waals surface area contributed by atoms with E-state index in [1.807, 2.05) is 37.3 Å². The van der Waals surface area contributed by atoms with Crippen LogP contribution in [-0.2, 0) is 0 Å². The van der Waals surface area contributed by atoms with Gasteiger partial charge in [-0.2, -0.15) is 0 Å². The van der Waals surface area contributed by atoms with Crippen molar-refractivity contribution in [1.29, 1.82) is 0 Å². The molecule has 1 aromatic heterocycles. The van der Waals surface area contributed by atoms with Crippen molar-refractivity contribution in [3.8, 4) is 5.75 Å². The maximum absolute atomic E-state index is 13.0. The molecule has 162 valence electrons. The first-order valence-corrected chi connectivity index (χ1v) is 11.9. The number of hydrogen-bond donors (Lipinski definition) is 2. The van der Waals surface area contributed by atoms with Gasteiger partial charge in [-0.15, -0.1) is 11.3 Å². The number of aryl methyl sites for hydroxylation is 1. The number of hydrogen-bond acceptors (Lipinski definition) is 3. The predicted molar refractivity (Wildman–Crippen MR) is 128 cm³/mol. The lowest BCUT2D eigenvalue weighted by atomic mass is 9.95. The van der Waals surface area contributed by atoms with Gasteiger partial charge in [0.05, 0.1) is 25.3 Å². The molecule has 0 saturated carbocycles. The largest absolute Gasteiger partial charge is 0.494 e. The van der Waals surface area contributed by atoms with Crippen LogP contribution in [-0.4, -0.2) is 25.6 Å². The third-order valence-corrected chi connectivity index (χ3v) is 7.30.